The largest absolute Gasteiger partial charge is 0.466 e. The molecule has 1 aliphatic heterocycles. The van der Waals surface area contributed by atoms with Crippen LogP contribution in [0.5, 0.6) is 0 Å². The van der Waals surface area contributed by atoms with Crippen LogP contribution in [0.25, 0.3) is 0 Å². The van der Waals surface area contributed by atoms with Gasteiger partial charge in [-0.25, -0.2) is 4.79 Å². The predicted octanol–water partition coefficient (Wildman–Crippen LogP) is 0.866. The fraction of sp³-hybridized carbons (Fsp3) is 0.462. The summed E-state index contributed by atoms with van der Waals surface area (Å²) < 4.78 is 44.6. The Morgan fingerprint density at radius 1 is 1.52 bits per heavy atom. The summed E-state index contributed by atoms with van der Waals surface area (Å²) in [6, 6.07) is 0.0901. The maximum Gasteiger partial charge on any atom is 0.437 e. The number of urea groups is 1. The highest BCUT2D eigenvalue weighted by molar-refractivity contribution is 5.83. The first kappa shape index (κ1) is 17.0. The molecule has 0 aromatic carbocycles. The molecule has 0 saturated carbocycles. The van der Waals surface area contributed by atoms with Crippen molar-refractivity contribution in [2.45, 2.75) is 24.9 Å². The monoisotopic (exact) mass is 333 g/mol. The Bertz CT molecular complexity index is 596. The van der Waals surface area contributed by atoms with Crippen molar-refractivity contribution < 1.29 is 32.6 Å². The number of amides is 2. The molecule has 23 heavy (non-hydrogen) atoms. The third-order valence-electron chi connectivity index (χ3n) is 3.39. The normalized spacial score (nSPS) is 27.8. The fourth-order valence-electron chi connectivity index (χ4n) is 2.37. The Morgan fingerprint density at radius 3 is 2.74 bits per heavy atom. The van der Waals surface area contributed by atoms with Crippen LogP contribution in [-0.4, -0.2) is 40.6 Å². The van der Waals surface area contributed by atoms with Gasteiger partial charge in [0.2, 0.25) is 0 Å². The zero-order chi connectivity index (χ0) is 17.3. The lowest BCUT2D eigenvalue weighted by molar-refractivity contribution is -0.294. The minimum absolute atomic E-state index is 0.128. The number of ether oxygens (including phenoxy) is 1. The SMILES string of the molecule is CCOC(=O)[C@H]1[C@H](c2cccnc2)NC(=O)N[C@]1(O)C(F)(F)F. The molecule has 1 aromatic rings. The zero-order valence-electron chi connectivity index (χ0n) is 11.9. The van der Waals surface area contributed by atoms with Crippen molar-refractivity contribution in [3.63, 3.8) is 0 Å². The predicted molar refractivity (Wildman–Crippen MR) is 69.8 cm³/mol. The van der Waals surface area contributed by atoms with E-state index >= 15 is 0 Å². The first-order chi connectivity index (χ1) is 10.7. The molecule has 3 N–H and O–H groups in total. The molecule has 2 amide bonds. The number of rotatable bonds is 3. The van der Waals surface area contributed by atoms with E-state index < -0.39 is 35.9 Å². The molecule has 0 spiro atoms. The van der Waals surface area contributed by atoms with E-state index in [4.69, 9.17) is 0 Å². The average molecular weight is 333 g/mol. The van der Waals surface area contributed by atoms with Crippen molar-refractivity contribution >= 4 is 12.0 Å². The summed E-state index contributed by atoms with van der Waals surface area (Å²) >= 11 is 0. The molecule has 10 heteroatoms. The van der Waals surface area contributed by atoms with Gasteiger partial charge in [-0.1, -0.05) is 6.07 Å². The van der Waals surface area contributed by atoms with E-state index in [2.05, 4.69) is 15.0 Å². The summed E-state index contributed by atoms with van der Waals surface area (Å²) in [5.41, 5.74) is -3.63. The number of nitrogens with zero attached hydrogens (tertiary/aromatic N) is 1. The van der Waals surface area contributed by atoms with Gasteiger partial charge in [-0.3, -0.25) is 9.78 Å². The number of aliphatic hydroxyl groups is 1. The second-order valence-electron chi connectivity index (χ2n) is 4.86. The number of nitrogens with one attached hydrogen (secondary N) is 2. The number of carbonyl (C=O) groups excluding carboxylic acids is 2. The summed E-state index contributed by atoms with van der Waals surface area (Å²) in [6.45, 7) is 1.23. The molecule has 0 radical (unpaired) electrons. The molecule has 3 atom stereocenters. The van der Waals surface area contributed by atoms with Gasteiger partial charge in [0.25, 0.3) is 5.72 Å². The number of carbonyl (C=O) groups is 2. The Labute approximate surface area is 128 Å². The average Bonchev–Trinajstić information content (AvgIpc) is 2.46. The minimum Gasteiger partial charge on any atom is -0.466 e. The highest BCUT2D eigenvalue weighted by Crippen LogP contribution is 2.42. The van der Waals surface area contributed by atoms with E-state index in [0.29, 0.717) is 0 Å². The molecular formula is C13H14F3N3O4. The second-order valence-corrected chi connectivity index (χ2v) is 4.86. The van der Waals surface area contributed by atoms with Crippen molar-refractivity contribution in [3.05, 3.63) is 30.1 Å². The van der Waals surface area contributed by atoms with Gasteiger partial charge < -0.3 is 20.5 Å². The topological polar surface area (TPSA) is 101 Å². The number of hydrogen-bond acceptors (Lipinski definition) is 5. The molecule has 1 aromatic heterocycles. The van der Waals surface area contributed by atoms with Gasteiger partial charge >= 0.3 is 18.2 Å². The molecule has 1 saturated heterocycles. The van der Waals surface area contributed by atoms with Crippen LogP contribution in [0.3, 0.4) is 0 Å². The lowest BCUT2D eigenvalue weighted by atomic mass is 9.82. The van der Waals surface area contributed by atoms with Crippen molar-refractivity contribution in [2.24, 2.45) is 5.92 Å². The van der Waals surface area contributed by atoms with E-state index in [1.54, 1.807) is 0 Å². The first-order valence-electron chi connectivity index (χ1n) is 6.65. The zero-order valence-corrected chi connectivity index (χ0v) is 11.9. The highest BCUT2D eigenvalue weighted by atomic mass is 19.4. The van der Waals surface area contributed by atoms with Crippen LogP contribution >= 0.6 is 0 Å². The van der Waals surface area contributed by atoms with Crippen molar-refractivity contribution in [1.29, 1.82) is 0 Å². The van der Waals surface area contributed by atoms with Gasteiger partial charge in [0, 0.05) is 12.4 Å². The van der Waals surface area contributed by atoms with Gasteiger partial charge in [0.05, 0.1) is 12.6 Å². The molecule has 1 fully saturated rings. The molecule has 7 nitrogen and oxygen atoms in total. The van der Waals surface area contributed by atoms with E-state index in [1.165, 1.54) is 36.8 Å². The summed E-state index contributed by atoms with van der Waals surface area (Å²) in [4.78, 5) is 27.4. The number of hydrogen-bond donors (Lipinski definition) is 3. The Balaban J connectivity index is 2.54. The Kier molecular flexibility index (Phi) is 4.46. The summed E-state index contributed by atoms with van der Waals surface area (Å²) in [7, 11) is 0. The highest BCUT2D eigenvalue weighted by Gasteiger charge is 2.67. The maximum absolute atomic E-state index is 13.3. The number of pyridine rings is 1. The van der Waals surface area contributed by atoms with Gasteiger partial charge in [-0.2, -0.15) is 13.2 Å². The first-order valence-corrected chi connectivity index (χ1v) is 6.65. The lowest BCUT2D eigenvalue weighted by Gasteiger charge is -2.44. The van der Waals surface area contributed by atoms with Crippen molar-refractivity contribution in [1.82, 2.24) is 15.6 Å². The molecule has 0 unspecified atom stereocenters. The molecule has 0 bridgehead atoms. The van der Waals surface area contributed by atoms with Crippen LogP contribution in [0.15, 0.2) is 24.5 Å². The minimum atomic E-state index is -5.29. The van der Waals surface area contributed by atoms with Gasteiger partial charge in [0.1, 0.15) is 5.92 Å². The van der Waals surface area contributed by atoms with Crippen LogP contribution in [0.1, 0.15) is 18.5 Å². The Morgan fingerprint density at radius 2 is 2.22 bits per heavy atom. The molecular weight excluding hydrogens is 319 g/mol. The molecule has 2 heterocycles. The summed E-state index contributed by atoms with van der Waals surface area (Å²) in [5.74, 6) is -3.43. The van der Waals surface area contributed by atoms with E-state index in [-0.39, 0.29) is 12.2 Å². The number of esters is 1. The molecule has 0 aliphatic carbocycles. The molecule has 1 aliphatic rings. The standard InChI is InChI=1S/C13H14F3N3O4/c1-2-23-10(20)8-9(7-4-3-5-17-6-7)18-11(21)19-12(8,22)13(14,15)16/h3-6,8-9,22H,2H2,1H3,(H2,18,19,21)/t8-,9+,12-/m1/s1. The lowest BCUT2D eigenvalue weighted by Crippen LogP contribution is -2.73. The van der Waals surface area contributed by atoms with Crippen LogP contribution in [0.4, 0.5) is 18.0 Å². The van der Waals surface area contributed by atoms with Crippen LogP contribution in [0, 0.1) is 5.92 Å². The third kappa shape index (κ3) is 3.07. The smallest absolute Gasteiger partial charge is 0.437 e. The van der Waals surface area contributed by atoms with E-state index in [0.717, 1.165) is 0 Å². The van der Waals surface area contributed by atoms with Gasteiger partial charge in [0.15, 0.2) is 0 Å². The van der Waals surface area contributed by atoms with Crippen LogP contribution < -0.4 is 10.6 Å². The quantitative estimate of drug-likeness (QED) is 0.713. The van der Waals surface area contributed by atoms with E-state index in [9.17, 15) is 27.9 Å². The van der Waals surface area contributed by atoms with Gasteiger partial charge in [-0.15, -0.1) is 0 Å². The Hall–Kier alpha value is -2.36. The number of aromatic nitrogens is 1. The second kappa shape index (κ2) is 6.03. The molecule has 2 rings (SSSR count). The number of alkyl halides is 3. The molecule has 126 valence electrons. The van der Waals surface area contributed by atoms with Crippen molar-refractivity contribution in [2.75, 3.05) is 6.61 Å². The number of halogens is 3. The fourth-order valence-corrected chi connectivity index (χ4v) is 2.37. The summed E-state index contributed by atoms with van der Waals surface area (Å²) in [5, 5.41) is 13.6. The third-order valence-corrected chi connectivity index (χ3v) is 3.39. The van der Waals surface area contributed by atoms with Crippen molar-refractivity contribution in [3.8, 4) is 0 Å². The maximum atomic E-state index is 13.3. The van der Waals surface area contributed by atoms with E-state index in [1.807, 2.05) is 0 Å². The van der Waals surface area contributed by atoms with Gasteiger partial charge in [-0.05, 0) is 18.6 Å². The van der Waals surface area contributed by atoms with Crippen LogP contribution in [-0.2, 0) is 9.53 Å². The van der Waals surface area contributed by atoms with Crippen LogP contribution in [0.2, 0.25) is 0 Å². The summed E-state index contributed by atoms with van der Waals surface area (Å²) in [6.07, 6.45) is -2.72.